The number of hydrogen-bond donors (Lipinski definition) is 0. The smallest absolute Gasteiger partial charge is 0.312 e. The molecule has 0 amide bonds. The van der Waals surface area contributed by atoms with Crippen LogP contribution in [0.15, 0.2) is 28.9 Å². The van der Waals surface area contributed by atoms with E-state index in [4.69, 9.17) is 27.9 Å². The largest absolute Gasteiger partial charge is 0.482 e. The molecule has 8 heteroatoms. The first-order valence-electron chi connectivity index (χ1n) is 5.75. The zero-order valence-corrected chi connectivity index (χ0v) is 13.9. The van der Waals surface area contributed by atoms with Crippen molar-refractivity contribution >= 4 is 44.8 Å². The minimum atomic E-state index is -0.491. The molecule has 2 aromatic rings. The Hall–Kier alpha value is -1.37. The Kier molecular flexibility index (Phi) is 5.03. The number of ether oxygens (including phenoxy) is 1. The molecule has 5 nitrogen and oxygen atoms in total. The van der Waals surface area contributed by atoms with E-state index in [0.29, 0.717) is 20.6 Å². The summed E-state index contributed by atoms with van der Waals surface area (Å²) in [4.78, 5) is 14.5. The summed E-state index contributed by atoms with van der Waals surface area (Å²) in [5.41, 5.74) is 1.13. The van der Waals surface area contributed by atoms with E-state index in [2.05, 4.69) is 20.9 Å². The van der Waals surface area contributed by atoms with Gasteiger partial charge in [0, 0.05) is 22.3 Å². The van der Waals surface area contributed by atoms with Crippen LogP contribution in [0.1, 0.15) is 11.1 Å². The third-order valence-corrected chi connectivity index (χ3v) is 3.70. The van der Waals surface area contributed by atoms with Gasteiger partial charge in [-0.05, 0) is 24.6 Å². The van der Waals surface area contributed by atoms with Crippen molar-refractivity contribution in [2.75, 3.05) is 0 Å². The Labute approximate surface area is 139 Å². The molecule has 0 aliphatic rings. The molecule has 0 N–H and O–H groups in total. The number of benzene rings is 1. The Balaban J connectivity index is 2.29. The first-order valence-corrected chi connectivity index (χ1v) is 7.30. The summed E-state index contributed by atoms with van der Waals surface area (Å²) in [6, 6.07) is 4.62. The van der Waals surface area contributed by atoms with E-state index in [1.807, 2.05) is 0 Å². The van der Waals surface area contributed by atoms with Crippen molar-refractivity contribution < 1.29 is 9.66 Å². The minimum Gasteiger partial charge on any atom is -0.482 e. The molecule has 0 saturated heterocycles. The lowest BCUT2D eigenvalue weighted by molar-refractivity contribution is -0.386. The molecule has 0 saturated carbocycles. The van der Waals surface area contributed by atoms with Gasteiger partial charge in [-0.25, -0.2) is 4.98 Å². The van der Waals surface area contributed by atoms with Crippen LogP contribution in [0.5, 0.6) is 5.75 Å². The second-order valence-corrected chi connectivity index (χ2v) is 5.93. The van der Waals surface area contributed by atoms with Gasteiger partial charge >= 0.3 is 5.69 Å². The van der Waals surface area contributed by atoms with E-state index in [1.54, 1.807) is 13.0 Å². The van der Waals surface area contributed by atoms with Crippen LogP contribution in [0.2, 0.25) is 10.2 Å². The molecule has 0 radical (unpaired) electrons. The Bertz CT molecular complexity index is 710. The van der Waals surface area contributed by atoms with E-state index in [0.717, 1.165) is 0 Å². The monoisotopic (exact) mass is 390 g/mol. The number of hydrogen-bond acceptors (Lipinski definition) is 4. The maximum atomic E-state index is 11.1. The van der Waals surface area contributed by atoms with Crippen LogP contribution in [0.3, 0.4) is 0 Å². The van der Waals surface area contributed by atoms with Crippen LogP contribution in [-0.2, 0) is 6.61 Å². The van der Waals surface area contributed by atoms with Gasteiger partial charge in [0.05, 0.1) is 9.95 Å². The van der Waals surface area contributed by atoms with Crippen molar-refractivity contribution in [3.8, 4) is 5.75 Å². The highest BCUT2D eigenvalue weighted by Gasteiger charge is 2.19. The fourth-order valence-electron chi connectivity index (χ4n) is 1.73. The average Bonchev–Trinajstić information content (AvgIpc) is 2.38. The van der Waals surface area contributed by atoms with Gasteiger partial charge < -0.3 is 4.74 Å². The summed E-state index contributed by atoms with van der Waals surface area (Å²) in [5.74, 6) is 0.203. The summed E-state index contributed by atoms with van der Waals surface area (Å²) in [7, 11) is 0. The number of nitrogens with zero attached hydrogens (tertiary/aromatic N) is 2. The fourth-order valence-corrected chi connectivity index (χ4v) is 2.71. The van der Waals surface area contributed by atoms with Gasteiger partial charge in [-0.3, -0.25) is 10.1 Å². The Morgan fingerprint density at radius 2 is 2.10 bits per heavy atom. The van der Waals surface area contributed by atoms with Crippen LogP contribution < -0.4 is 4.74 Å². The highest BCUT2D eigenvalue weighted by Crippen LogP contribution is 2.35. The predicted molar refractivity (Wildman–Crippen MR) is 84.1 cm³/mol. The average molecular weight is 392 g/mol. The normalized spacial score (nSPS) is 10.5. The van der Waals surface area contributed by atoms with E-state index >= 15 is 0 Å². The SMILES string of the molecule is Cc1cc(Br)cc([N+](=O)[O-])c1OCc1cnc(Cl)cc1Cl. The third kappa shape index (κ3) is 3.84. The molecule has 110 valence electrons. The molecule has 0 atom stereocenters. The molecule has 0 fully saturated rings. The lowest BCUT2D eigenvalue weighted by Crippen LogP contribution is -2.02. The molecule has 21 heavy (non-hydrogen) atoms. The van der Waals surface area contributed by atoms with Crippen molar-refractivity contribution in [1.82, 2.24) is 4.98 Å². The van der Waals surface area contributed by atoms with E-state index in [1.165, 1.54) is 18.3 Å². The van der Waals surface area contributed by atoms with Gasteiger partial charge in [0.15, 0.2) is 5.75 Å². The second-order valence-electron chi connectivity index (χ2n) is 4.22. The highest BCUT2D eigenvalue weighted by atomic mass is 79.9. The molecule has 0 spiro atoms. The number of rotatable bonds is 4. The first-order chi connectivity index (χ1) is 9.88. The van der Waals surface area contributed by atoms with Crippen molar-refractivity contribution in [2.45, 2.75) is 13.5 Å². The standard InChI is InChI=1S/C13H9BrCl2N2O3/c1-7-2-9(14)3-11(18(19)20)13(7)21-6-8-5-17-12(16)4-10(8)15/h2-5H,6H2,1H3. The van der Waals surface area contributed by atoms with Gasteiger partial charge in [0.25, 0.3) is 0 Å². The number of nitro groups is 1. The molecule has 0 unspecified atom stereocenters. The predicted octanol–water partition coefficient (Wildman–Crippen LogP) is 4.95. The molecule has 0 bridgehead atoms. The molecule has 2 rings (SSSR count). The molecule has 1 aromatic carbocycles. The zero-order chi connectivity index (χ0) is 15.6. The molecule has 1 heterocycles. The summed E-state index contributed by atoms with van der Waals surface area (Å²) in [5, 5.41) is 11.8. The maximum Gasteiger partial charge on any atom is 0.312 e. The molecule has 0 aliphatic carbocycles. The van der Waals surface area contributed by atoms with E-state index in [-0.39, 0.29) is 23.2 Å². The van der Waals surface area contributed by atoms with Gasteiger partial charge in [0.1, 0.15) is 11.8 Å². The quantitative estimate of drug-likeness (QED) is 0.420. The van der Waals surface area contributed by atoms with Gasteiger partial charge in [-0.1, -0.05) is 39.1 Å². The minimum absolute atomic E-state index is 0.0618. The lowest BCUT2D eigenvalue weighted by Gasteiger charge is -2.11. The van der Waals surface area contributed by atoms with Crippen LogP contribution in [0, 0.1) is 17.0 Å². The summed E-state index contributed by atoms with van der Waals surface area (Å²) >= 11 is 15.0. The second kappa shape index (κ2) is 6.60. The van der Waals surface area contributed by atoms with Crippen molar-refractivity contribution in [2.24, 2.45) is 0 Å². The summed E-state index contributed by atoms with van der Waals surface area (Å²) < 4.78 is 6.18. The molecular weight excluding hydrogens is 383 g/mol. The molecule has 1 aromatic heterocycles. The highest BCUT2D eigenvalue weighted by molar-refractivity contribution is 9.10. The lowest BCUT2D eigenvalue weighted by atomic mass is 10.2. The number of nitro benzene ring substituents is 1. The summed E-state index contributed by atoms with van der Waals surface area (Å²) in [6.07, 6.45) is 1.48. The van der Waals surface area contributed by atoms with Crippen molar-refractivity contribution in [1.29, 1.82) is 0 Å². The van der Waals surface area contributed by atoms with Crippen molar-refractivity contribution in [3.63, 3.8) is 0 Å². The molecule has 0 aliphatic heterocycles. The third-order valence-electron chi connectivity index (χ3n) is 2.68. The van der Waals surface area contributed by atoms with Crippen LogP contribution >= 0.6 is 39.1 Å². The van der Waals surface area contributed by atoms with Crippen LogP contribution in [0.25, 0.3) is 0 Å². The maximum absolute atomic E-state index is 11.1. The van der Waals surface area contributed by atoms with Crippen LogP contribution in [0.4, 0.5) is 5.69 Å². The topological polar surface area (TPSA) is 65.3 Å². The molecular formula is C13H9BrCl2N2O3. The van der Waals surface area contributed by atoms with E-state index in [9.17, 15) is 10.1 Å². The van der Waals surface area contributed by atoms with E-state index < -0.39 is 4.92 Å². The number of aryl methyl sites for hydroxylation is 1. The Morgan fingerprint density at radius 3 is 2.71 bits per heavy atom. The number of aromatic nitrogens is 1. The van der Waals surface area contributed by atoms with Gasteiger partial charge in [-0.2, -0.15) is 0 Å². The zero-order valence-electron chi connectivity index (χ0n) is 10.8. The van der Waals surface area contributed by atoms with Gasteiger partial charge in [0.2, 0.25) is 0 Å². The van der Waals surface area contributed by atoms with Gasteiger partial charge in [-0.15, -0.1) is 0 Å². The Morgan fingerprint density at radius 1 is 1.38 bits per heavy atom. The number of halogens is 3. The van der Waals surface area contributed by atoms with Crippen molar-refractivity contribution in [3.05, 3.63) is 60.3 Å². The summed E-state index contributed by atoms with van der Waals surface area (Å²) in [6.45, 7) is 1.79. The fraction of sp³-hybridized carbons (Fsp3) is 0.154. The van der Waals surface area contributed by atoms with Crippen LogP contribution in [-0.4, -0.2) is 9.91 Å². The first kappa shape index (κ1) is 16.0. The number of pyridine rings is 1.